The van der Waals surface area contributed by atoms with Crippen molar-refractivity contribution in [3.8, 4) is 40.0 Å². The molecular weight excluding hydrogens is 382 g/mol. The van der Waals surface area contributed by atoms with Crippen LogP contribution < -0.4 is 0 Å². The standard InChI is InChI=1S/C27H19N3O/c1-30-18-25(20-12-16-24(31)17-13-20)27(29-30)22-9-6-19(7-10-22)8-14-23-15-11-21-4-2-3-5-26(21)28-23/h2-7,9-13,15-18,31H,1H3. The topological polar surface area (TPSA) is 50.9 Å². The first-order valence-corrected chi connectivity index (χ1v) is 9.97. The molecule has 1 N–H and O–H groups in total. The predicted molar refractivity (Wildman–Crippen MR) is 123 cm³/mol. The molecule has 4 heteroatoms. The quantitative estimate of drug-likeness (QED) is 0.403. The van der Waals surface area contributed by atoms with Gasteiger partial charge in [-0.25, -0.2) is 4.98 Å². The number of benzene rings is 3. The lowest BCUT2D eigenvalue weighted by Crippen LogP contribution is -1.88. The van der Waals surface area contributed by atoms with Crippen molar-refractivity contribution in [3.63, 3.8) is 0 Å². The smallest absolute Gasteiger partial charge is 0.115 e. The summed E-state index contributed by atoms with van der Waals surface area (Å²) in [5.74, 6) is 6.60. The van der Waals surface area contributed by atoms with Crippen LogP contribution in [0.2, 0.25) is 0 Å². The Morgan fingerprint density at radius 2 is 1.52 bits per heavy atom. The van der Waals surface area contributed by atoms with Crippen LogP contribution in [0.4, 0.5) is 0 Å². The van der Waals surface area contributed by atoms with Gasteiger partial charge in [-0.15, -0.1) is 0 Å². The highest BCUT2D eigenvalue weighted by Gasteiger charge is 2.12. The van der Waals surface area contributed by atoms with E-state index >= 15 is 0 Å². The molecule has 3 aromatic carbocycles. The summed E-state index contributed by atoms with van der Waals surface area (Å²) in [4.78, 5) is 4.61. The number of rotatable bonds is 2. The number of pyridine rings is 1. The van der Waals surface area contributed by atoms with E-state index in [1.807, 2.05) is 86.0 Å². The molecule has 0 spiro atoms. The van der Waals surface area contributed by atoms with Crippen molar-refractivity contribution in [2.75, 3.05) is 0 Å². The second-order valence-corrected chi connectivity index (χ2v) is 7.33. The van der Waals surface area contributed by atoms with Gasteiger partial charge in [-0.2, -0.15) is 5.10 Å². The normalized spacial score (nSPS) is 10.6. The predicted octanol–water partition coefficient (Wildman–Crippen LogP) is 5.41. The Balaban J connectivity index is 1.43. The Hall–Kier alpha value is -4.36. The lowest BCUT2D eigenvalue weighted by atomic mass is 10.0. The van der Waals surface area contributed by atoms with Crippen molar-refractivity contribution in [2.45, 2.75) is 0 Å². The maximum Gasteiger partial charge on any atom is 0.115 e. The van der Waals surface area contributed by atoms with Gasteiger partial charge in [0.2, 0.25) is 0 Å². The van der Waals surface area contributed by atoms with E-state index in [0.29, 0.717) is 0 Å². The minimum absolute atomic E-state index is 0.248. The summed E-state index contributed by atoms with van der Waals surface area (Å²) in [7, 11) is 1.91. The largest absolute Gasteiger partial charge is 0.508 e. The van der Waals surface area contributed by atoms with Gasteiger partial charge < -0.3 is 5.11 Å². The van der Waals surface area contributed by atoms with Crippen molar-refractivity contribution in [1.82, 2.24) is 14.8 Å². The average Bonchev–Trinajstić information content (AvgIpc) is 3.20. The summed E-state index contributed by atoms with van der Waals surface area (Å²) in [6.07, 6.45) is 1.99. The first-order valence-electron chi connectivity index (χ1n) is 9.97. The molecule has 0 aliphatic heterocycles. The van der Waals surface area contributed by atoms with Crippen LogP contribution in [0, 0.1) is 11.8 Å². The van der Waals surface area contributed by atoms with Gasteiger partial charge in [0.25, 0.3) is 0 Å². The van der Waals surface area contributed by atoms with Gasteiger partial charge >= 0.3 is 0 Å². The molecule has 2 heterocycles. The molecule has 0 unspecified atom stereocenters. The number of para-hydroxylation sites is 1. The molecule has 148 valence electrons. The number of aryl methyl sites for hydroxylation is 1. The van der Waals surface area contributed by atoms with Crippen LogP contribution in [-0.2, 0) is 7.05 Å². The second-order valence-electron chi connectivity index (χ2n) is 7.33. The number of phenolic OH excluding ortho intramolecular Hbond substituents is 1. The zero-order chi connectivity index (χ0) is 21.2. The van der Waals surface area contributed by atoms with Gasteiger partial charge in [-0.1, -0.05) is 54.5 Å². The molecular formula is C27H19N3O. The summed E-state index contributed by atoms with van der Waals surface area (Å²) < 4.78 is 1.80. The molecule has 0 atom stereocenters. The third kappa shape index (κ3) is 3.90. The van der Waals surface area contributed by atoms with Crippen LogP contribution in [0.1, 0.15) is 11.3 Å². The van der Waals surface area contributed by atoms with Crippen LogP contribution in [0.15, 0.2) is 91.1 Å². The Morgan fingerprint density at radius 1 is 0.774 bits per heavy atom. The van der Waals surface area contributed by atoms with E-state index in [4.69, 9.17) is 0 Å². The number of fused-ring (bicyclic) bond motifs is 1. The number of phenols is 1. The van der Waals surface area contributed by atoms with Crippen molar-refractivity contribution in [2.24, 2.45) is 7.05 Å². The number of hydrogen-bond acceptors (Lipinski definition) is 3. The van der Waals surface area contributed by atoms with Crippen LogP contribution in [0.5, 0.6) is 5.75 Å². The number of aromatic hydroxyl groups is 1. The van der Waals surface area contributed by atoms with E-state index in [1.54, 1.807) is 16.8 Å². The first-order chi connectivity index (χ1) is 15.2. The molecule has 2 aromatic heterocycles. The van der Waals surface area contributed by atoms with Crippen molar-refractivity contribution in [3.05, 3.63) is 102 Å². The third-order valence-corrected chi connectivity index (χ3v) is 5.10. The monoisotopic (exact) mass is 401 g/mol. The van der Waals surface area contributed by atoms with Crippen LogP contribution in [0.3, 0.4) is 0 Å². The maximum atomic E-state index is 9.57. The van der Waals surface area contributed by atoms with E-state index in [9.17, 15) is 5.11 Å². The van der Waals surface area contributed by atoms with Crippen LogP contribution in [-0.4, -0.2) is 19.9 Å². The summed E-state index contributed by atoms with van der Waals surface area (Å²) in [5, 5.41) is 15.3. The van der Waals surface area contributed by atoms with Crippen LogP contribution in [0.25, 0.3) is 33.3 Å². The summed E-state index contributed by atoms with van der Waals surface area (Å²) >= 11 is 0. The van der Waals surface area contributed by atoms with Gasteiger partial charge in [0.05, 0.1) is 5.52 Å². The highest BCUT2D eigenvalue weighted by atomic mass is 16.3. The Labute approximate surface area is 180 Å². The summed E-state index contributed by atoms with van der Waals surface area (Å²) in [5.41, 5.74) is 6.54. The molecule has 0 saturated carbocycles. The highest BCUT2D eigenvalue weighted by molar-refractivity contribution is 5.81. The molecule has 0 aliphatic carbocycles. The third-order valence-electron chi connectivity index (χ3n) is 5.10. The van der Waals surface area contributed by atoms with Gasteiger partial charge in [-0.05, 0) is 47.9 Å². The molecule has 4 nitrogen and oxygen atoms in total. The van der Waals surface area contributed by atoms with E-state index in [1.165, 1.54) is 0 Å². The summed E-state index contributed by atoms with van der Waals surface area (Å²) in [6, 6.07) is 27.2. The summed E-state index contributed by atoms with van der Waals surface area (Å²) in [6.45, 7) is 0. The van der Waals surface area contributed by atoms with Crippen molar-refractivity contribution >= 4 is 10.9 Å². The fourth-order valence-electron chi connectivity index (χ4n) is 3.54. The van der Waals surface area contributed by atoms with Crippen LogP contribution >= 0.6 is 0 Å². The average molecular weight is 401 g/mol. The molecule has 0 radical (unpaired) electrons. The van der Waals surface area contributed by atoms with Gasteiger partial charge in [0.1, 0.15) is 17.1 Å². The zero-order valence-electron chi connectivity index (χ0n) is 16.9. The molecule has 0 saturated heterocycles. The van der Waals surface area contributed by atoms with E-state index in [-0.39, 0.29) is 5.75 Å². The minimum Gasteiger partial charge on any atom is -0.508 e. The van der Waals surface area contributed by atoms with Gasteiger partial charge in [0, 0.05) is 35.3 Å². The van der Waals surface area contributed by atoms with E-state index in [2.05, 4.69) is 21.9 Å². The number of aromatic nitrogens is 3. The Kier molecular flexibility index (Phi) is 4.70. The van der Waals surface area contributed by atoms with Gasteiger partial charge in [0.15, 0.2) is 0 Å². The SMILES string of the molecule is Cn1cc(-c2ccc(O)cc2)c(-c2ccc(C#Cc3ccc4ccccc4n3)cc2)n1. The molecule has 5 rings (SSSR count). The molecule has 0 aliphatic rings. The first kappa shape index (κ1) is 18.7. The Bertz CT molecular complexity index is 1440. The maximum absolute atomic E-state index is 9.57. The molecule has 5 aromatic rings. The molecule has 0 fully saturated rings. The number of nitrogens with zero attached hydrogens (tertiary/aromatic N) is 3. The molecule has 0 amide bonds. The fourth-order valence-corrected chi connectivity index (χ4v) is 3.54. The lowest BCUT2D eigenvalue weighted by molar-refractivity contribution is 0.475. The number of hydrogen-bond donors (Lipinski definition) is 1. The zero-order valence-corrected chi connectivity index (χ0v) is 16.9. The highest BCUT2D eigenvalue weighted by Crippen LogP contribution is 2.31. The lowest BCUT2D eigenvalue weighted by Gasteiger charge is -2.03. The fraction of sp³-hybridized carbons (Fsp3) is 0.0370. The minimum atomic E-state index is 0.248. The van der Waals surface area contributed by atoms with Gasteiger partial charge in [-0.3, -0.25) is 4.68 Å². The van der Waals surface area contributed by atoms with Crippen molar-refractivity contribution < 1.29 is 5.11 Å². The van der Waals surface area contributed by atoms with Crippen molar-refractivity contribution in [1.29, 1.82) is 0 Å². The van der Waals surface area contributed by atoms with E-state index in [0.717, 1.165) is 44.5 Å². The molecule has 31 heavy (non-hydrogen) atoms. The van der Waals surface area contributed by atoms with E-state index < -0.39 is 0 Å². The second kappa shape index (κ2) is 7.81. The Morgan fingerprint density at radius 3 is 2.32 bits per heavy atom. The molecule has 0 bridgehead atoms.